The van der Waals surface area contributed by atoms with Crippen LogP contribution in [0.3, 0.4) is 0 Å². The highest BCUT2D eigenvalue weighted by Gasteiger charge is 2.10. The van der Waals surface area contributed by atoms with Gasteiger partial charge in [-0.1, -0.05) is 6.92 Å². The molecule has 0 saturated carbocycles. The van der Waals surface area contributed by atoms with Gasteiger partial charge in [0.1, 0.15) is 0 Å². The molecule has 7 nitrogen and oxygen atoms in total. The molecule has 1 aromatic heterocycles. The number of hydrogen-bond donors (Lipinski definition) is 2. The highest BCUT2D eigenvalue weighted by Crippen LogP contribution is 2.01. The summed E-state index contributed by atoms with van der Waals surface area (Å²) in [5, 5.41) is 2.76. The van der Waals surface area contributed by atoms with Gasteiger partial charge in [0.05, 0.1) is 5.75 Å². The third-order valence-corrected chi connectivity index (χ3v) is 3.92. The van der Waals surface area contributed by atoms with E-state index in [9.17, 15) is 13.2 Å². The number of nitrogens with zero attached hydrogens (tertiary/aromatic N) is 2. The van der Waals surface area contributed by atoms with Gasteiger partial charge in [-0.05, 0) is 13.8 Å². The van der Waals surface area contributed by atoms with Gasteiger partial charge in [-0.25, -0.2) is 18.1 Å². The summed E-state index contributed by atoms with van der Waals surface area (Å²) < 4.78 is 26.8. The summed E-state index contributed by atoms with van der Waals surface area (Å²) in [6.07, 6.45) is 3.12. The minimum atomic E-state index is -3.29. The van der Waals surface area contributed by atoms with Crippen molar-refractivity contribution in [3.8, 4) is 0 Å². The molecule has 0 amide bonds. The second kappa shape index (κ2) is 6.67. The number of aromatic nitrogens is 2. The van der Waals surface area contributed by atoms with E-state index in [4.69, 9.17) is 0 Å². The maximum absolute atomic E-state index is 12.0. The van der Waals surface area contributed by atoms with Crippen LogP contribution in [0.2, 0.25) is 0 Å². The zero-order chi connectivity index (χ0) is 14.5. The molecule has 0 saturated heterocycles. The Bertz CT molecular complexity index is 566. The van der Waals surface area contributed by atoms with Gasteiger partial charge in [0.2, 0.25) is 10.0 Å². The van der Waals surface area contributed by atoms with E-state index >= 15 is 0 Å². The minimum absolute atomic E-state index is 0.0292. The zero-order valence-electron chi connectivity index (χ0n) is 11.4. The Morgan fingerprint density at radius 2 is 2.11 bits per heavy atom. The molecule has 1 rings (SSSR count). The summed E-state index contributed by atoms with van der Waals surface area (Å²) in [6, 6.07) is 0.0292. The lowest BCUT2D eigenvalue weighted by molar-refractivity contribution is 0.574. The third-order valence-electron chi connectivity index (χ3n) is 2.45. The zero-order valence-corrected chi connectivity index (χ0v) is 12.2. The van der Waals surface area contributed by atoms with Gasteiger partial charge in [-0.2, -0.15) is 0 Å². The maximum atomic E-state index is 12.0. The average Bonchev–Trinajstić information content (AvgIpc) is 2.30. The molecule has 0 aliphatic rings. The van der Waals surface area contributed by atoms with Crippen molar-refractivity contribution in [3.05, 3.63) is 22.7 Å². The Morgan fingerprint density at radius 1 is 1.42 bits per heavy atom. The fraction of sp³-hybridized carbons (Fsp3) is 0.636. The monoisotopic (exact) mass is 288 g/mol. The first-order chi connectivity index (χ1) is 8.87. The van der Waals surface area contributed by atoms with E-state index in [1.165, 1.54) is 10.8 Å². The average molecular weight is 288 g/mol. The Kier molecular flexibility index (Phi) is 5.49. The van der Waals surface area contributed by atoms with Gasteiger partial charge in [0.15, 0.2) is 5.82 Å². The van der Waals surface area contributed by atoms with Crippen LogP contribution in [0.5, 0.6) is 0 Å². The fourth-order valence-corrected chi connectivity index (χ4v) is 2.50. The first-order valence-corrected chi connectivity index (χ1v) is 7.81. The molecular formula is C11H20N4O3S. The lowest BCUT2D eigenvalue weighted by Gasteiger charge is -2.11. The quantitative estimate of drug-likeness (QED) is 0.746. The standard InChI is InChI=1S/C11H20N4O3S/c1-4-14-19(17,18)8-6-13-10-11(16)15(9(2)3)7-5-12-10/h5,7,9,14H,4,6,8H2,1-3H3,(H,12,13). The lowest BCUT2D eigenvalue weighted by Crippen LogP contribution is -2.31. The predicted molar refractivity (Wildman–Crippen MR) is 74.8 cm³/mol. The van der Waals surface area contributed by atoms with Crippen LogP contribution >= 0.6 is 0 Å². The molecule has 0 atom stereocenters. The molecule has 1 heterocycles. The molecular weight excluding hydrogens is 268 g/mol. The van der Waals surface area contributed by atoms with E-state index in [1.807, 2.05) is 13.8 Å². The first kappa shape index (κ1) is 15.6. The van der Waals surface area contributed by atoms with Crippen LogP contribution in [0.15, 0.2) is 17.2 Å². The van der Waals surface area contributed by atoms with E-state index in [0.29, 0.717) is 6.54 Å². The number of hydrogen-bond acceptors (Lipinski definition) is 5. The van der Waals surface area contributed by atoms with Gasteiger partial charge < -0.3 is 9.88 Å². The molecule has 0 radical (unpaired) electrons. The van der Waals surface area contributed by atoms with Crippen LogP contribution < -0.4 is 15.6 Å². The highest BCUT2D eigenvalue weighted by molar-refractivity contribution is 7.89. The Labute approximate surface area is 113 Å². The second-order valence-electron chi connectivity index (χ2n) is 4.33. The number of sulfonamides is 1. The van der Waals surface area contributed by atoms with Gasteiger partial charge in [0.25, 0.3) is 5.56 Å². The molecule has 1 aromatic rings. The SMILES string of the molecule is CCNS(=O)(=O)CCNc1nccn(C(C)C)c1=O. The smallest absolute Gasteiger partial charge is 0.293 e. The van der Waals surface area contributed by atoms with E-state index < -0.39 is 10.0 Å². The highest BCUT2D eigenvalue weighted by atomic mass is 32.2. The van der Waals surface area contributed by atoms with Crippen LogP contribution in [-0.2, 0) is 10.0 Å². The summed E-state index contributed by atoms with van der Waals surface area (Å²) in [7, 11) is -3.29. The van der Waals surface area contributed by atoms with Crippen LogP contribution in [0, 0.1) is 0 Å². The van der Waals surface area contributed by atoms with Crippen molar-refractivity contribution in [1.82, 2.24) is 14.3 Å². The summed E-state index contributed by atoms with van der Waals surface area (Å²) >= 11 is 0. The lowest BCUT2D eigenvalue weighted by atomic mass is 10.4. The van der Waals surface area contributed by atoms with E-state index in [2.05, 4.69) is 15.0 Å². The van der Waals surface area contributed by atoms with E-state index in [0.717, 1.165) is 0 Å². The van der Waals surface area contributed by atoms with Crippen LogP contribution in [0.4, 0.5) is 5.82 Å². The summed E-state index contributed by atoms with van der Waals surface area (Å²) in [5.41, 5.74) is -0.252. The first-order valence-electron chi connectivity index (χ1n) is 6.15. The molecule has 2 N–H and O–H groups in total. The van der Waals surface area contributed by atoms with Crippen molar-refractivity contribution in [1.29, 1.82) is 0 Å². The van der Waals surface area contributed by atoms with Crippen LogP contribution in [0.25, 0.3) is 0 Å². The van der Waals surface area contributed by atoms with Gasteiger partial charge in [0, 0.05) is 31.5 Å². The third kappa shape index (κ3) is 4.64. The van der Waals surface area contributed by atoms with Gasteiger partial charge in [-0.15, -0.1) is 0 Å². The van der Waals surface area contributed by atoms with Crippen molar-refractivity contribution in [2.75, 3.05) is 24.2 Å². The Balaban J connectivity index is 2.70. The number of rotatable bonds is 7. The van der Waals surface area contributed by atoms with Crippen molar-refractivity contribution in [2.45, 2.75) is 26.8 Å². The topological polar surface area (TPSA) is 93.1 Å². The minimum Gasteiger partial charge on any atom is -0.364 e. The summed E-state index contributed by atoms with van der Waals surface area (Å²) in [6.45, 7) is 5.98. The second-order valence-corrected chi connectivity index (χ2v) is 6.25. The number of anilines is 1. The van der Waals surface area contributed by atoms with E-state index in [1.54, 1.807) is 13.1 Å². The van der Waals surface area contributed by atoms with Crippen LogP contribution in [-0.4, -0.2) is 36.8 Å². The normalized spacial score (nSPS) is 11.8. The molecule has 8 heteroatoms. The summed E-state index contributed by atoms with van der Waals surface area (Å²) in [5.74, 6) is 0.0707. The van der Waals surface area contributed by atoms with Gasteiger partial charge in [-0.3, -0.25) is 4.79 Å². The molecule has 0 bridgehead atoms. The molecule has 0 aromatic carbocycles. The largest absolute Gasteiger partial charge is 0.364 e. The molecule has 0 unspecified atom stereocenters. The van der Waals surface area contributed by atoms with Gasteiger partial charge >= 0.3 is 0 Å². The number of nitrogens with one attached hydrogen (secondary N) is 2. The fourth-order valence-electron chi connectivity index (χ4n) is 1.55. The van der Waals surface area contributed by atoms with Crippen molar-refractivity contribution < 1.29 is 8.42 Å². The van der Waals surface area contributed by atoms with Crippen molar-refractivity contribution in [2.24, 2.45) is 0 Å². The van der Waals surface area contributed by atoms with E-state index in [-0.39, 0.29) is 29.7 Å². The van der Waals surface area contributed by atoms with Crippen LogP contribution in [0.1, 0.15) is 26.8 Å². The maximum Gasteiger partial charge on any atom is 0.293 e. The Hall–Kier alpha value is -1.41. The molecule has 0 fully saturated rings. The molecule has 0 aliphatic carbocycles. The molecule has 19 heavy (non-hydrogen) atoms. The Morgan fingerprint density at radius 3 is 2.68 bits per heavy atom. The molecule has 108 valence electrons. The van der Waals surface area contributed by atoms with Crippen molar-refractivity contribution in [3.63, 3.8) is 0 Å². The molecule has 0 spiro atoms. The predicted octanol–water partition coefficient (Wildman–Crippen LogP) is 0.175. The van der Waals surface area contributed by atoms with Crippen molar-refractivity contribution >= 4 is 15.8 Å². The molecule has 0 aliphatic heterocycles. The summed E-state index contributed by atoms with van der Waals surface area (Å²) in [4.78, 5) is 15.9.